The summed E-state index contributed by atoms with van der Waals surface area (Å²) in [5.74, 6) is 0.0574. The normalized spacial score (nSPS) is 12.8. The number of nitrogens with one attached hydrogen (secondary N) is 3. The van der Waals surface area contributed by atoms with Crippen LogP contribution in [0.15, 0.2) is 59.5 Å². The van der Waals surface area contributed by atoms with Gasteiger partial charge < -0.3 is 20.4 Å². The number of alkyl halides is 3. The van der Waals surface area contributed by atoms with Crippen molar-refractivity contribution in [1.82, 2.24) is 15.0 Å². The highest BCUT2D eigenvalue weighted by molar-refractivity contribution is 6.35. The van der Waals surface area contributed by atoms with Crippen molar-refractivity contribution in [2.24, 2.45) is 0 Å². The number of aliphatic hydroxyl groups is 1. The third kappa shape index (κ3) is 4.49. The van der Waals surface area contributed by atoms with E-state index in [1.807, 2.05) is 30.3 Å². The predicted octanol–water partition coefficient (Wildman–Crippen LogP) is 4.61. The van der Waals surface area contributed by atoms with Crippen molar-refractivity contribution in [2.45, 2.75) is 18.6 Å². The van der Waals surface area contributed by atoms with Gasteiger partial charge in [-0.1, -0.05) is 41.9 Å². The minimum absolute atomic E-state index is 0.0528. The van der Waals surface area contributed by atoms with Gasteiger partial charge in [-0.2, -0.15) is 13.2 Å². The van der Waals surface area contributed by atoms with Gasteiger partial charge in [0.25, 0.3) is 5.56 Å². The Morgan fingerprint density at radius 3 is 2.59 bits per heavy atom. The van der Waals surface area contributed by atoms with E-state index in [1.54, 1.807) is 6.07 Å². The molecule has 10 heteroatoms. The van der Waals surface area contributed by atoms with Crippen LogP contribution in [0.3, 0.4) is 0 Å². The lowest BCUT2D eigenvalue weighted by atomic mass is 10.1. The first-order chi connectivity index (χ1) is 15.3. The molecule has 0 bridgehead atoms. The third-order valence-corrected chi connectivity index (χ3v) is 5.26. The number of hydrogen-bond acceptors (Lipinski definition) is 4. The molecule has 4 aromatic rings. The number of imidazole rings is 1. The highest BCUT2D eigenvalue weighted by Crippen LogP contribution is 2.35. The van der Waals surface area contributed by atoms with Gasteiger partial charge in [-0.25, -0.2) is 4.98 Å². The lowest BCUT2D eigenvalue weighted by Crippen LogP contribution is -2.28. The van der Waals surface area contributed by atoms with E-state index in [2.05, 4.69) is 20.3 Å². The van der Waals surface area contributed by atoms with E-state index >= 15 is 0 Å². The largest absolute Gasteiger partial charge is 0.416 e. The van der Waals surface area contributed by atoms with Crippen molar-refractivity contribution in [3.63, 3.8) is 0 Å². The third-order valence-electron chi connectivity index (χ3n) is 4.97. The average Bonchev–Trinajstić information content (AvgIpc) is 3.18. The van der Waals surface area contributed by atoms with E-state index in [0.29, 0.717) is 12.1 Å². The van der Waals surface area contributed by atoms with Gasteiger partial charge in [-0.05, 0) is 30.2 Å². The SMILES string of the molecule is O=c1[nH]ccc(N[C@H](CO)Cc2ccccc2)c1-c1nc2c(Cl)cc(C(F)(F)F)cc2[nH]1. The number of anilines is 1. The fraction of sp³-hybridized carbons (Fsp3) is 0.182. The van der Waals surface area contributed by atoms with E-state index in [-0.39, 0.29) is 34.1 Å². The Bertz CT molecular complexity index is 1300. The smallest absolute Gasteiger partial charge is 0.394 e. The molecule has 6 nitrogen and oxygen atoms in total. The van der Waals surface area contributed by atoms with Crippen LogP contribution >= 0.6 is 11.6 Å². The van der Waals surface area contributed by atoms with Gasteiger partial charge in [0, 0.05) is 6.20 Å². The van der Waals surface area contributed by atoms with Crippen molar-refractivity contribution in [1.29, 1.82) is 0 Å². The first kappa shape index (κ1) is 21.9. The molecule has 0 aliphatic heterocycles. The summed E-state index contributed by atoms with van der Waals surface area (Å²) in [6.07, 6.45) is -2.65. The van der Waals surface area contributed by atoms with Gasteiger partial charge in [0.1, 0.15) is 16.9 Å². The molecule has 0 aliphatic carbocycles. The number of rotatable bonds is 6. The zero-order chi connectivity index (χ0) is 22.9. The molecule has 1 atom stereocenters. The summed E-state index contributed by atoms with van der Waals surface area (Å²) in [6.45, 7) is -0.206. The Kier molecular flexibility index (Phi) is 5.94. The molecule has 32 heavy (non-hydrogen) atoms. The number of hydrogen-bond donors (Lipinski definition) is 4. The van der Waals surface area contributed by atoms with Crippen LogP contribution in [0.5, 0.6) is 0 Å². The Morgan fingerprint density at radius 1 is 1.16 bits per heavy atom. The highest BCUT2D eigenvalue weighted by atomic mass is 35.5. The Balaban J connectivity index is 1.74. The Hall–Kier alpha value is -3.30. The van der Waals surface area contributed by atoms with Crippen LogP contribution in [0.4, 0.5) is 18.9 Å². The summed E-state index contributed by atoms with van der Waals surface area (Å²) in [4.78, 5) is 22.2. The van der Waals surface area contributed by atoms with Crippen LogP contribution in [0, 0.1) is 0 Å². The number of aromatic amines is 2. The van der Waals surface area contributed by atoms with Crippen molar-refractivity contribution >= 4 is 28.3 Å². The Morgan fingerprint density at radius 2 is 1.91 bits per heavy atom. The summed E-state index contributed by atoms with van der Waals surface area (Å²) < 4.78 is 39.4. The van der Waals surface area contributed by atoms with Crippen LogP contribution in [-0.4, -0.2) is 32.7 Å². The summed E-state index contributed by atoms with van der Waals surface area (Å²) in [7, 11) is 0. The fourth-order valence-corrected chi connectivity index (χ4v) is 3.73. The number of benzene rings is 2. The van der Waals surface area contributed by atoms with Gasteiger partial charge in [-0.3, -0.25) is 4.79 Å². The second-order valence-corrected chi connectivity index (χ2v) is 7.65. The molecule has 0 radical (unpaired) electrons. The molecule has 0 aliphatic rings. The summed E-state index contributed by atoms with van der Waals surface area (Å²) in [5.41, 5.74) is 0.200. The van der Waals surface area contributed by atoms with E-state index < -0.39 is 23.3 Å². The lowest BCUT2D eigenvalue weighted by molar-refractivity contribution is -0.137. The number of fused-ring (bicyclic) bond motifs is 1. The van der Waals surface area contributed by atoms with E-state index in [0.717, 1.165) is 17.7 Å². The topological polar surface area (TPSA) is 93.8 Å². The van der Waals surface area contributed by atoms with Crippen LogP contribution in [0.1, 0.15) is 11.1 Å². The molecule has 0 amide bonds. The molecule has 2 aromatic heterocycles. The van der Waals surface area contributed by atoms with Crippen molar-refractivity contribution in [3.05, 3.63) is 81.2 Å². The lowest BCUT2D eigenvalue weighted by Gasteiger charge is -2.19. The van der Waals surface area contributed by atoms with Crippen LogP contribution < -0.4 is 10.9 Å². The second kappa shape index (κ2) is 8.68. The van der Waals surface area contributed by atoms with Gasteiger partial charge >= 0.3 is 6.18 Å². The molecule has 4 N–H and O–H groups in total. The van der Waals surface area contributed by atoms with E-state index in [4.69, 9.17) is 11.6 Å². The van der Waals surface area contributed by atoms with Crippen LogP contribution in [0.2, 0.25) is 5.02 Å². The predicted molar refractivity (Wildman–Crippen MR) is 117 cm³/mol. The molecule has 0 spiro atoms. The van der Waals surface area contributed by atoms with Gasteiger partial charge in [0.15, 0.2) is 0 Å². The summed E-state index contributed by atoms with van der Waals surface area (Å²) >= 11 is 6.03. The number of nitrogens with zero attached hydrogens (tertiary/aromatic N) is 1. The van der Waals surface area contributed by atoms with Gasteiger partial charge in [-0.15, -0.1) is 0 Å². The highest BCUT2D eigenvalue weighted by Gasteiger charge is 2.32. The number of aromatic nitrogens is 3. The molecule has 0 saturated heterocycles. The molecule has 2 aromatic carbocycles. The average molecular weight is 463 g/mol. The minimum Gasteiger partial charge on any atom is -0.394 e. The fourth-order valence-electron chi connectivity index (χ4n) is 3.47. The van der Waals surface area contributed by atoms with Crippen LogP contribution in [0.25, 0.3) is 22.4 Å². The molecule has 166 valence electrons. The summed E-state index contributed by atoms with van der Waals surface area (Å²) in [6, 6.07) is 12.4. The maximum absolute atomic E-state index is 13.1. The second-order valence-electron chi connectivity index (χ2n) is 7.25. The number of H-pyrrole nitrogens is 2. The maximum Gasteiger partial charge on any atom is 0.416 e. The standard InChI is InChI=1S/C22H18ClF3N4O2/c23-15-9-13(22(24,25)26)10-17-19(15)30-20(29-17)18-16(6-7-27-21(18)32)28-14(11-31)8-12-4-2-1-3-5-12/h1-7,9-10,14,31H,8,11H2,(H,29,30)(H2,27,28,32)/t14-/m0/s1. The molecule has 2 heterocycles. The molecule has 0 unspecified atom stereocenters. The van der Waals surface area contributed by atoms with Crippen molar-refractivity contribution < 1.29 is 18.3 Å². The quantitative estimate of drug-likeness (QED) is 0.337. The zero-order valence-electron chi connectivity index (χ0n) is 16.5. The van der Waals surface area contributed by atoms with E-state index in [9.17, 15) is 23.1 Å². The van der Waals surface area contributed by atoms with Crippen molar-refractivity contribution in [3.8, 4) is 11.4 Å². The molecule has 0 fully saturated rings. The van der Waals surface area contributed by atoms with Gasteiger partial charge in [0.05, 0.1) is 34.4 Å². The maximum atomic E-state index is 13.1. The molecular formula is C22H18ClF3N4O2. The molecule has 4 rings (SSSR count). The molecule has 0 saturated carbocycles. The number of aliphatic hydroxyl groups excluding tert-OH is 1. The van der Waals surface area contributed by atoms with E-state index in [1.165, 1.54) is 6.20 Å². The van der Waals surface area contributed by atoms with Crippen LogP contribution in [-0.2, 0) is 12.6 Å². The first-order valence-electron chi connectivity index (χ1n) is 9.66. The molecular weight excluding hydrogens is 445 g/mol. The number of halogens is 4. The number of pyridine rings is 1. The van der Waals surface area contributed by atoms with Gasteiger partial charge in [0.2, 0.25) is 0 Å². The Labute approximate surface area is 185 Å². The summed E-state index contributed by atoms with van der Waals surface area (Å²) in [5, 5.41) is 12.8. The van der Waals surface area contributed by atoms with Crippen molar-refractivity contribution in [2.75, 3.05) is 11.9 Å². The zero-order valence-corrected chi connectivity index (χ0v) is 17.3. The minimum atomic E-state index is -4.58. The monoisotopic (exact) mass is 462 g/mol. The first-order valence-corrected chi connectivity index (χ1v) is 10.0.